The lowest BCUT2D eigenvalue weighted by Crippen LogP contribution is -2.66. The molecule has 18 nitrogen and oxygen atoms in total. The van der Waals surface area contributed by atoms with E-state index in [1.807, 2.05) is 0 Å². The maximum absolute atomic E-state index is 13.3. The van der Waals surface area contributed by atoms with Gasteiger partial charge in [0, 0.05) is 31.2 Å². The summed E-state index contributed by atoms with van der Waals surface area (Å²) in [7, 11) is -5.04. The van der Waals surface area contributed by atoms with Gasteiger partial charge in [-0.15, -0.1) is 11.3 Å². The molecule has 0 aromatic carbocycles. The van der Waals surface area contributed by atoms with Gasteiger partial charge in [0.1, 0.15) is 11.8 Å². The summed E-state index contributed by atoms with van der Waals surface area (Å²) in [5.41, 5.74) is 14.1. The van der Waals surface area contributed by atoms with Crippen LogP contribution in [0.4, 0.5) is 9.93 Å². The van der Waals surface area contributed by atoms with E-state index in [0.29, 0.717) is 0 Å². The predicted octanol–water partition coefficient (Wildman–Crippen LogP) is -2.25. The summed E-state index contributed by atoms with van der Waals surface area (Å²) in [5, 5.41) is 14.5. The summed E-state index contributed by atoms with van der Waals surface area (Å²) >= 11 is 0.968. The van der Waals surface area contributed by atoms with Crippen LogP contribution >= 0.6 is 11.3 Å². The van der Waals surface area contributed by atoms with E-state index in [2.05, 4.69) is 15.1 Å². The molecule has 0 spiro atoms. The number of anilines is 1. The average Bonchev–Trinajstić information content (AvgIpc) is 3.39. The van der Waals surface area contributed by atoms with Crippen molar-refractivity contribution in [2.24, 2.45) is 27.5 Å². The molecule has 2 aliphatic heterocycles. The number of rotatable bonds is 12. The maximum Gasteiger partial charge on any atom is 0.410 e. The molecule has 2 amide bonds. The van der Waals surface area contributed by atoms with Crippen molar-refractivity contribution in [3.8, 4) is 0 Å². The van der Waals surface area contributed by atoms with Crippen LogP contribution in [0.2, 0.25) is 0 Å². The van der Waals surface area contributed by atoms with E-state index in [-0.39, 0.29) is 47.0 Å². The molecule has 3 heterocycles. The van der Waals surface area contributed by atoms with Gasteiger partial charge in [0.25, 0.3) is 0 Å². The summed E-state index contributed by atoms with van der Waals surface area (Å²) in [5.74, 6) is -4.74. The average molecular weight is 589 g/mol. The molecule has 1 aromatic rings. The standard InChI is InChI=1S/C19H24N8O10S2/c20-16(21)23-4-8-5-26(18(32)36-8)6-11-9(14(29)27(11)39(33,34)35)3-12(28)13(10-7-38-17(22)24-10)25-37-19(1-2-19)15(30)31/h7-9,11H,1-6H2,(H2,22,24)(H,30,31)(H4,20,21,23)(H,33,34,35)/b25-13-/t8-,9+,11-/m1/s1. The first kappa shape index (κ1) is 28.0. The monoisotopic (exact) mass is 588 g/mol. The minimum absolute atomic E-state index is 0.0376. The number of hydrogen-bond donors (Lipinski definition) is 5. The molecular formula is C19H24N8O10S2. The molecule has 4 rings (SSSR count). The van der Waals surface area contributed by atoms with Crippen molar-refractivity contribution >= 4 is 62.2 Å². The van der Waals surface area contributed by atoms with Crippen molar-refractivity contribution in [1.82, 2.24) is 14.2 Å². The van der Waals surface area contributed by atoms with E-state index in [1.54, 1.807) is 0 Å². The van der Waals surface area contributed by atoms with Gasteiger partial charge in [-0.2, -0.15) is 8.42 Å². The molecule has 212 valence electrons. The fourth-order valence-electron chi connectivity index (χ4n) is 4.06. The number of amides is 2. The first-order valence-electron chi connectivity index (χ1n) is 11.3. The number of aliphatic imine (C=N–C) groups is 1. The van der Waals surface area contributed by atoms with Gasteiger partial charge in [-0.1, -0.05) is 5.16 Å². The van der Waals surface area contributed by atoms with Gasteiger partial charge in [0.15, 0.2) is 22.6 Å². The van der Waals surface area contributed by atoms with E-state index in [9.17, 15) is 37.3 Å². The smallest absolute Gasteiger partial charge is 0.410 e. The van der Waals surface area contributed by atoms with Crippen LogP contribution in [0.15, 0.2) is 15.5 Å². The number of carbonyl (C=O) groups excluding carboxylic acids is 3. The van der Waals surface area contributed by atoms with Crippen LogP contribution in [0.25, 0.3) is 0 Å². The van der Waals surface area contributed by atoms with E-state index in [4.69, 9.17) is 26.8 Å². The molecule has 20 heteroatoms. The number of β-lactam (4-membered cyclic amide) rings is 1. The molecule has 3 aliphatic rings. The fraction of sp³-hybridized carbons (Fsp3) is 0.526. The molecule has 0 bridgehead atoms. The molecule has 0 unspecified atom stereocenters. The minimum Gasteiger partial charge on any atom is -0.478 e. The number of nitrogens with two attached hydrogens (primary N) is 3. The Kier molecular flexibility index (Phi) is 7.36. The summed E-state index contributed by atoms with van der Waals surface area (Å²) in [6, 6.07) is -1.33. The summed E-state index contributed by atoms with van der Waals surface area (Å²) in [6.07, 6.45) is -1.91. The molecule has 1 aromatic heterocycles. The molecule has 1 saturated carbocycles. The third kappa shape index (κ3) is 5.86. The molecule has 3 atom stereocenters. The Morgan fingerprint density at radius 2 is 2.00 bits per heavy atom. The van der Waals surface area contributed by atoms with Gasteiger partial charge in [0.05, 0.1) is 25.0 Å². The number of hydrogen-bond acceptors (Lipinski definition) is 13. The second kappa shape index (κ2) is 10.3. The lowest BCUT2D eigenvalue weighted by Gasteiger charge is -2.45. The Balaban J connectivity index is 1.54. The third-order valence-corrected chi connectivity index (χ3v) is 7.84. The number of nitrogens with zero attached hydrogens (tertiary/aromatic N) is 5. The predicted molar refractivity (Wildman–Crippen MR) is 132 cm³/mol. The van der Waals surface area contributed by atoms with Crippen LogP contribution in [0.1, 0.15) is 25.0 Å². The van der Waals surface area contributed by atoms with Gasteiger partial charge < -0.3 is 36.8 Å². The van der Waals surface area contributed by atoms with Gasteiger partial charge in [0.2, 0.25) is 11.5 Å². The Labute approximate surface area is 224 Å². The zero-order chi connectivity index (χ0) is 28.7. The highest BCUT2D eigenvalue weighted by molar-refractivity contribution is 7.84. The fourth-order valence-corrected chi connectivity index (χ4v) is 5.52. The van der Waals surface area contributed by atoms with Crippen LogP contribution < -0.4 is 17.2 Å². The highest BCUT2D eigenvalue weighted by atomic mass is 32.2. The second-order valence-corrected chi connectivity index (χ2v) is 11.2. The zero-order valence-electron chi connectivity index (χ0n) is 20.0. The van der Waals surface area contributed by atoms with Crippen LogP contribution in [0, 0.1) is 5.92 Å². The Bertz CT molecular complexity index is 1370. The normalized spacial score (nSPS) is 24.1. The first-order chi connectivity index (χ1) is 18.2. The van der Waals surface area contributed by atoms with Crippen LogP contribution in [-0.4, -0.2) is 105 Å². The molecule has 0 radical (unpaired) electrons. The number of Topliss-reactive ketones (excluding diaryl/α,β-unsaturated/α-hetero) is 1. The lowest BCUT2D eigenvalue weighted by atomic mass is 9.84. The number of cyclic esters (lactones) is 1. The Morgan fingerprint density at radius 1 is 1.31 bits per heavy atom. The van der Waals surface area contributed by atoms with E-state index >= 15 is 0 Å². The summed E-state index contributed by atoms with van der Waals surface area (Å²) < 4.78 is 38.6. The number of oxime groups is 1. The molecule has 39 heavy (non-hydrogen) atoms. The van der Waals surface area contributed by atoms with Crippen LogP contribution in [-0.2, 0) is 34.3 Å². The molecule has 3 fully saturated rings. The maximum atomic E-state index is 13.3. The Morgan fingerprint density at radius 3 is 2.54 bits per heavy atom. The molecule has 8 N–H and O–H groups in total. The van der Waals surface area contributed by atoms with Crippen molar-refractivity contribution in [3.05, 3.63) is 11.1 Å². The van der Waals surface area contributed by atoms with Gasteiger partial charge in [-0.25, -0.2) is 23.9 Å². The van der Waals surface area contributed by atoms with Gasteiger partial charge >= 0.3 is 22.4 Å². The number of guanidine groups is 1. The van der Waals surface area contributed by atoms with Crippen molar-refractivity contribution in [2.45, 2.75) is 37.0 Å². The number of aromatic nitrogens is 1. The number of carboxylic acids is 1. The third-order valence-electron chi connectivity index (χ3n) is 6.22. The number of thiazole rings is 1. The topological polar surface area (TPSA) is 283 Å². The van der Waals surface area contributed by atoms with Gasteiger partial charge in [-0.3, -0.25) is 14.1 Å². The van der Waals surface area contributed by atoms with Crippen LogP contribution in [0.5, 0.6) is 0 Å². The highest BCUT2D eigenvalue weighted by Gasteiger charge is 2.56. The minimum atomic E-state index is -5.04. The summed E-state index contributed by atoms with van der Waals surface area (Å²) in [6.45, 7) is -0.530. The van der Waals surface area contributed by atoms with Crippen molar-refractivity contribution in [3.63, 3.8) is 0 Å². The molecule has 1 aliphatic carbocycles. The van der Waals surface area contributed by atoms with Crippen molar-refractivity contribution in [2.75, 3.05) is 25.4 Å². The number of carbonyl (C=O) groups is 4. The van der Waals surface area contributed by atoms with Gasteiger partial charge in [-0.05, 0) is 0 Å². The van der Waals surface area contributed by atoms with E-state index in [0.717, 1.165) is 16.2 Å². The Hall–Kier alpha value is -4.04. The number of ether oxygens (including phenoxy) is 1. The number of aliphatic carboxylic acids is 1. The second-order valence-electron chi connectivity index (χ2n) is 8.99. The SMILES string of the molecule is NC(N)=NC[C@@H]1CN(C[C@@H]2[C@H](CC(=O)/C(=N\OC3(C(=O)O)CC3)c3csc(N)n3)C(=O)N2S(=O)(=O)O)C(=O)O1. The van der Waals surface area contributed by atoms with Crippen LogP contribution in [0.3, 0.4) is 0 Å². The van der Waals surface area contributed by atoms with E-state index in [1.165, 1.54) is 5.38 Å². The highest BCUT2D eigenvalue weighted by Crippen LogP contribution is 2.40. The van der Waals surface area contributed by atoms with Crippen molar-refractivity contribution < 1.29 is 46.8 Å². The van der Waals surface area contributed by atoms with E-state index < -0.39 is 76.4 Å². The first-order valence-corrected chi connectivity index (χ1v) is 13.6. The summed E-state index contributed by atoms with van der Waals surface area (Å²) in [4.78, 5) is 63.7. The largest absolute Gasteiger partial charge is 0.478 e. The lowest BCUT2D eigenvalue weighted by molar-refractivity contribution is -0.153. The number of carboxylic acid groups (broad SMARTS) is 1. The number of ketones is 1. The van der Waals surface area contributed by atoms with Crippen molar-refractivity contribution in [1.29, 1.82) is 0 Å². The molecular weight excluding hydrogens is 564 g/mol. The zero-order valence-corrected chi connectivity index (χ0v) is 21.6. The quantitative estimate of drug-likeness (QED) is 0.0567. The molecule has 2 saturated heterocycles. The number of nitrogen functional groups attached to an aromatic ring is 1.